The molecular formula is C17H25N5O4. The number of nitrogens with two attached hydrogens (primary N) is 1. The molecule has 2 saturated heterocycles. The molecule has 0 unspecified atom stereocenters. The maximum Gasteiger partial charge on any atom is 0.312 e. The molecule has 2 N–H and O–H groups in total. The summed E-state index contributed by atoms with van der Waals surface area (Å²) < 4.78 is 5.12. The van der Waals surface area contributed by atoms with E-state index in [1.54, 1.807) is 21.9 Å². The Morgan fingerprint density at radius 2 is 1.42 bits per heavy atom. The average molecular weight is 363 g/mol. The summed E-state index contributed by atoms with van der Waals surface area (Å²) in [5.41, 5.74) is 5.55. The molecule has 1 aromatic heterocycles. The molecule has 0 aliphatic carbocycles. The van der Waals surface area contributed by atoms with Crippen molar-refractivity contribution in [1.29, 1.82) is 0 Å². The maximum absolute atomic E-state index is 12.5. The molecule has 0 aromatic carbocycles. The van der Waals surface area contributed by atoms with Crippen LogP contribution in [0.2, 0.25) is 0 Å². The molecule has 2 aliphatic rings. The molecule has 2 aliphatic heterocycles. The van der Waals surface area contributed by atoms with Gasteiger partial charge in [-0.25, -0.2) is 0 Å². The number of rotatable bonds is 3. The minimum atomic E-state index is -0.484. The zero-order valence-corrected chi connectivity index (χ0v) is 14.8. The fourth-order valence-corrected chi connectivity index (χ4v) is 3.30. The predicted molar refractivity (Wildman–Crippen MR) is 93.3 cm³/mol. The van der Waals surface area contributed by atoms with Crippen molar-refractivity contribution in [3.63, 3.8) is 0 Å². The van der Waals surface area contributed by atoms with Gasteiger partial charge in [0.1, 0.15) is 0 Å². The summed E-state index contributed by atoms with van der Waals surface area (Å²) in [5, 5.41) is 0. The SMILES string of the molecule is NCCN1CCN(C(=O)C(=O)N2CCN(C(=O)c3ccco3)CC2)CC1. The Morgan fingerprint density at radius 3 is 1.92 bits per heavy atom. The van der Waals surface area contributed by atoms with Crippen molar-refractivity contribution >= 4 is 17.7 Å². The van der Waals surface area contributed by atoms with E-state index in [0.717, 1.165) is 19.6 Å². The summed E-state index contributed by atoms with van der Waals surface area (Å²) >= 11 is 0. The summed E-state index contributed by atoms with van der Waals surface area (Å²) in [6.07, 6.45) is 1.46. The Labute approximate surface area is 152 Å². The van der Waals surface area contributed by atoms with E-state index in [4.69, 9.17) is 10.2 Å². The van der Waals surface area contributed by atoms with Crippen molar-refractivity contribution in [2.45, 2.75) is 0 Å². The third-order valence-corrected chi connectivity index (χ3v) is 4.87. The zero-order chi connectivity index (χ0) is 18.5. The number of hydrogen-bond donors (Lipinski definition) is 1. The van der Waals surface area contributed by atoms with Crippen LogP contribution < -0.4 is 5.73 Å². The second kappa shape index (κ2) is 8.33. The predicted octanol–water partition coefficient (Wildman–Crippen LogP) is -1.33. The van der Waals surface area contributed by atoms with Gasteiger partial charge in [0, 0.05) is 65.4 Å². The van der Waals surface area contributed by atoms with Crippen LogP contribution in [-0.4, -0.2) is 103 Å². The second-order valence-corrected chi connectivity index (χ2v) is 6.48. The van der Waals surface area contributed by atoms with Gasteiger partial charge in [-0.2, -0.15) is 0 Å². The van der Waals surface area contributed by atoms with Gasteiger partial charge < -0.3 is 24.9 Å². The summed E-state index contributed by atoms with van der Waals surface area (Å²) in [7, 11) is 0. The number of hydrogen-bond acceptors (Lipinski definition) is 6. The summed E-state index contributed by atoms with van der Waals surface area (Å²) in [6.45, 7) is 5.45. The smallest absolute Gasteiger partial charge is 0.312 e. The van der Waals surface area contributed by atoms with E-state index >= 15 is 0 Å². The Hall–Kier alpha value is -2.39. The molecule has 3 amide bonds. The first-order chi connectivity index (χ1) is 12.6. The van der Waals surface area contributed by atoms with Gasteiger partial charge in [0.05, 0.1) is 6.26 Å². The van der Waals surface area contributed by atoms with Crippen LogP contribution in [0.25, 0.3) is 0 Å². The van der Waals surface area contributed by atoms with Crippen molar-refractivity contribution < 1.29 is 18.8 Å². The van der Waals surface area contributed by atoms with Gasteiger partial charge in [0.25, 0.3) is 5.91 Å². The summed E-state index contributed by atoms with van der Waals surface area (Å²) in [4.78, 5) is 44.2. The van der Waals surface area contributed by atoms with Crippen molar-refractivity contribution in [3.05, 3.63) is 24.2 Å². The largest absolute Gasteiger partial charge is 0.459 e. The highest BCUT2D eigenvalue weighted by molar-refractivity contribution is 6.35. The number of piperazine rings is 2. The van der Waals surface area contributed by atoms with Gasteiger partial charge in [-0.15, -0.1) is 0 Å². The Morgan fingerprint density at radius 1 is 0.885 bits per heavy atom. The molecule has 3 heterocycles. The first-order valence-electron chi connectivity index (χ1n) is 8.93. The van der Waals surface area contributed by atoms with Crippen LogP contribution in [0.3, 0.4) is 0 Å². The molecule has 0 spiro atoms. The fourth-order valence-electron chi connectivity index (χ4n) is 3.30. The van der Waals surface area contributed by atoms with Gasteiger partial charge in [-0.3, -0.25) is 19.3 Å². The number of nitrogens with zero attached hydrogens (tertiary/aromatic N) is 4. The van der Waals surface area contributed by atoms with Crippen LogP contribution in [0.4, 0.5) is 0 Å². The van der Waals surface area contributed by atoms with Crippen LogP contribution in [0.1, 0.15) is 10.6 Å². The lowest BCUT2D eigenvalue weighted by Crippen LogP contribution is -2.57. The molecular weight excluding hydrogens is 338 g/mol. The van der Waals surface area contributed by atoms with Crippen molar-refractivity contribution in [1.82, 2.24) is 19.6 Å². The molecule has 0 saturated carbocycles. The van der Waals surface area contributed by atoms with Gasteiger partial charge in [-0.1, -0.05) is 0 Å². The molecule has 1 aromatic rings. The number of furan rings is 1. The van der Waals surface area contributed by atoms with E-state index in [1.165, 1.54) is 11.2 Å². The van der Waals surface area contributed by atoms with E-state index in [-0.39, 0.29) is 11.7 Å². The van der Waals surface area contributed by atoms with Crippen molar-refractivity contribution in [2.24, 2.45) is 5.73 Å². The van der Waals surface area contributed by atoms with E-state index in [1.807, 2.05) is 0 Å². The van der Waals surface area contributed by atoms with Crippen LogP contribution >= 0.6 is 0 Å². The Balaban J connectivity index is 1.47. The summed E-state index contributed by atoms with van der Waals surface area (Å²) in [6, 6.07) is 3.28. The minimum absolute atomic E-state index is 0.190. The molecule has 2 fully saturated rings. The van der Waals surface area contributed by atoms with Gasteiger partial charge >= 0.3 is 11.8 Å². The van der Waals surface area contributed by atoms with Crippen LogP contribution in [0.5, 0.6) is 0 Å². The highest BCUT2D eigenvalue weighted by Gasteiger charge is 2.32. The molecule has 142 valence electrons. The van der Waals surface area contributed by atoms with Crippen LogP contribution in [-0.2, 0) is 9.59 Å². The lowest BCUT2D eigenvalue weighted by molar-refractivity contribution is -0.153. The highest BCUT2D eigenvalue weighted by Crippen LogP contribution is 2.11. The first-order valence-corrected chi connectivity index (χ1v) is 8.93. The molecule has 0 radical (unpaired) electrons. The third kappa shape index (κ3) is 4.05. The molecule has 26 heavy (non-hydrogen) atoms. The first kappa shape index (κ1) is 18.4. The standard InChI is InChI=1S/C17H25N5O4/c18-3-4-19-5-7-21(8-6-19)16(24)17(25)22-11-9-20(10-12-22)15(23)14-2-1-13-26-14/h1-2,13H,3-12,18H2. The molecule has 0 bridgehead atoms. The van der Waals surface area contributed by atoms with E-state index in [0.29, 0.717) is 45.8 Å². The minimum Gasteiger partial charge on any atom is -0.459 e. The van der Waals surface area contributed by atoms with E-state index in [9.17, 15) is 14.4 Å². The van der Waals surface area contributed by atoms with Crippen molar-refractivity contribution in [3.8, 4) is 0 Å². The lowest BCUT2D eigenvalue weighted by Gasteiger charge is -2.37. The van der Waals surface area contributed by atoms with E-state index in [2.05, 4.69) is 4.90 Å². The normalized spacial score (nSPS) is 18.9. The second-order valence-electron chi connectivity index (χ2n) is 6.48. The molecule has 9 heteroatoms. The topological polar surface area (TPSA) is 103 Å². The molecule has 3 rings (SSSR count). The van der Waals surface area contributed by atoms with Crippen LogP contribution in [0, 0.1) is 0 Å². The number of carbonyl (C=O) groups excluding carboxylic acids is 3. The highest BCUT2D eigenvalue weighted by atomic mass is 16.3. The van der Waals surface area contributed by atoms with Gasteiger partial charge in [0.2, 0.25) is 0 Å². The van der Waals surface area contributed by atoms with E-state index < -0.39 is 11.8 Å². The fraction of sp³-hybridized carbons (Fsp3) is 0.588. The molecule has 0 atom stereocenters. The zero-order valence-electron chi connectivity index (χ0n) is 14.8. The third-order valence-electron chi connectivity index (χ3n) is 4.87. The average Bonchev–Trinajstić information content (AvgIpc) is 3.22. The van der Waals surface area contributed by atoms with Crippen LogP contribution in [0.15, 0.2) is 22.8 Å². The van der Waals surface area contributed by atoms with Gasteiger partial charge in [0.15, 0.2) is 5.76 Å². The number of amides is 3. The Bertz CT molecular complexity index is 632. The van der Waals surface area contributed by atoms with Crippen molar-refractivity contribution in [2.75, 3.05) is 65.4 Å². The van der Waals surface area contributed by atoms with Gasteiger partial charge in [-0.05, 0) is 12.1 Å². The monoisotopic (exact) mass is 363 g/mol. The number of carbonyl (C=O) groups is 3. The Kier molecular flexibility index (Phi) is 5.89. The maximum atomic E-state index is 12.5. The quantitative estimate of drug-likeness (QED) is 0.667. The molecule has 9 nitrogen and oxygen atoms in total. The lowest BCUT2D eigenvalue weighted by atomic mass is 10.2. The summed E-state index contributed by atoms with van der Waals surface area (Å²) in [5.74, 6) is -0.841.